The van der Waals surface area contributed by atoms with Crippen LogP contribution in [0.5, 0.6) is 11.5 Å². The number of hydrogen-bond donors (Lipinski definition) is 2. The first-order valence-electron chi connectivity index (χ1n) is 5.46. The Balaban J connectivity index is 2.20. The smallest absolute Gasteiger partial charge is 0.185 e. The average molecular weight is 240 g/mol. The van der Waals surface area contributed by atoms with Crippen molar-refractivity contribution in [2.45, 2.75) is 0 Å². The number of rotatable bonds is 3. The lowest BCUT2D eigenvalue weighted by atomic mass is 10.1. The van der Waals surface area contributed by atoms with E-state index in [0.717, 1.165) is 0 Å². The van der Waals surface area contributed by atoms with Crippen molar-refractivity contribution in [2.24, 2.45) is 0 Å². The predicted octanol–water partition coefficient (Wildman–Crippen LogP) is 2.99. The molecule has 0 heterocycles. The van der Waals surface area contributed by atoms with Crippen LogP contribution in [-0.4, -0.2) is 16.0 Å². The maximum absolute atomic E-state index is 11.8. The third-order valence-corrected chi connectivity index (χ3v) is 2.48. The van der Waals surface area contributed by atoms with Gasteiger partial charge in [-0.15, -0.1) is 0 Å². The molecule has 0 aliphatic heterocycles. The van der Waals surface area contributed by atoms with Gasteiger partial charge in [0.2, 0.25) is 0 Å². The van der Waals surface area contributed by atoms with Crippen LogP contribution in [0.4, 0.5) is 0 Å². The molecule has 0 saturated heterocycles. The van der Waals surface area contributed by atoms with E-state index in [0.29, 0.717) is 11.1 Å². The van der Waals surface area contributed by atoms with Gasteiger partial charge in [-0.1, -0.05) is 30.3 Å². The third-order valence-electron chi connectivity index (χ3n) is 2.48. The summed E-state index contributed by atoms with van der Waals surface area (Å²) in [6.07, 6.45) is 2.91. The van der Waals surface area contributed by atoms with Crippen LogP contribution < -0.4 is 0 Å². The Hall–Kier alpha value is -2.55. The van der Waals surface area contributed by atoms with Gasteiger partial charge < -0.3 is 10.2 Å². The van der Waals surface area contributed by atoms with Crippen molar-refractivity contribution in [2.75, 3.05) is 0 Å². The molecule has 2 aromatic rings. The van der Waals surface area contributed by atoms with Gasteiger partial charge in [0.1, 0.15) is 11.5 Å². The van der Waals surface area contributed by atoms with Gasteiger partial charge in [0.05, 0.1) is 0 Å². The largest absolute Gasteiger partial charge is 0.508 e. The molecule has 3 heteroatoms. The van der Waals surface area contributed by atoms with E-state index in [2.05, 4.69) is 0 Å². The van der Waals surface area contributed by atoms with Gasteiger partial charge in [-0.2, -0.15) is 0 Å². The fraction of sp³-hybridized carbons (Fsp3) is 0. The van der Waals surface area contributed by atoms with Crippen molar-refractivity contribution < 1.29 is 15.0 Å². The molecule has 0 bridgehead atoms. The fourth-order valence-corrected chi connectivity index (χ4v) is 1.55. The summed E-state index contributed by atoms with van der Waals surface area (Å²) in [5.41, 5.74) is 0.979. The van der Waals surface area contributed by atoms with Crippen LogP contribution in [0.25, 0.3) is 6.08 Å². The molecule has 0 aromatic heterocycles. The van der Waals surface area contributed by atoms with Crippen LogP contribution in [0.3, 0.4) is 0 Å². The molecule has 18 heavy (non-hydrogen) atoms. The van der Waals surface area contributed by atoms with Crippen molar-refractivity contribution in [1.29, 1.82) is 0 Å². The summed E-state index contributed by atoms with van der Waals surface area (Å²) in [5, 5.41) is 18.8. The Morgan fingerprint density at radius 2 is 1.78 bits per heavy atom. The van der Waals surface area contributed by atoms with Crippen molar-refractivity contribution in [3.63, 3.8) is 0 Å². The topological polar surface area (TPSA) is 57.5 Å². The molecule has 0 fully saturated rings. The molecule has 2 N–H and O–H groups in total. The molecule has 0 amide bonds. The highest BCUT2D eigenvalue weighted by Gasteiger charge is 2.02. The second kappa shape index (κ2) is 5.19. The van der Waals surface area contributed by atoms with E-state index in [1.165, 1.54) is 18.2 Å². The van der Waals surface area contributed by atoms with Gasteiger partial charge in [0, 0.05) is 11.1 Å². The standard InChI is InChI=1S/C15H12O3/c16-13-6-3-5-12(10-13)15(18)9-8-11-4-1-2-7-14(11)17/h1-10,16-17H/b9-8-. The zero-order chi connectivity index (χ0) is 13.0. The van der Waals surface area contributed by atoms with E-state index in [4.69, 9.17) is 0 Å². The van der Waals surface area contributed by atoms with Crippen LogP contribution >= 0.6 is 0 Å². The second-order valence-electron chi connectivity index (χ2n) is 3.81. The number of ketones is 1. The van der Waals surface area contributed by atoms with Crippen LogP contribution in [-0.2, 0) is 0 Å². The number of hydrogen-bond acceptors (Lipinski definition) is 3. The molecule has 0 aliphatic rings. The molecule has 3 nitrogen and oxygen atoms in total. The molecular formula is C15H12O3. The van der Waals surface area contributed by atoms with Gasteiger partial charge in [0.25, 0.3) is 0 Å². The zero-order valence-electron chi connectivity index (χ0n) is 9.58. The van der Waals surface area contributed by atoms with Crippen molar-refractivity contribution in [3.05, 3.63) is 65.7 Å². The first-order chi connectivity index (χ1) is 8.66. The summed E-state index contributed by atoms with van der Waals surface area (Å²) in [6.45, 7) is 0. The van der Waals surface area contributed by atoms with Gasteiger partial charge >= 0.3 is 0 Å². The lowest BCUT2D eigenvalue weighted by molar-refractivity contribution is 0.104. The Kier molecular flexibility index (Phi) is 3.44. The van der Waals surface area contributed by atoms with E-state index in [9.17, 15) is 15.0 Å². The monoisotopic (exact) mass is 240 g/mol. The minimum atomic E-state index is -0.228. The fourth-order valence-electron chi connectivity index (χ4n) is 1.55. The van der Waals surface area contributed by atoms with Crippen molar-refractivity contribution in [3.8, 4) is 11.5 Å². The minimum Gasteiger partial charge on any atom is -0.508 e. The molecule has 2 rings (SSSR count). The molecule has 0 spiro atoms. The summed E-state index contributed by atoms with van der Waals surface area (Å²) >= 11 is 0. The number of benzene rings is 2. The summed E-state index contributed by atoms with van der Waals surface area (Å²) in [6, 6.07) is 12.9. The number of carbonyl (C=O) groups is 1. The minimum absolute atomic E-state index is 0.0526. The Labute approximate surface area is 105 Å². The summed E-state index contributed by atoms with van der Waals surface area (Å²) in [7, 11) is 0. The van der Waals surface area contributed by atoms with Crippen molar-refractivity contribution >= 4 is 11.9 Å². The van der Waals surface area contributed by atoms with Gasteiger partial charge in [-0.05, 0) is 30.4 Å². The maximum Gasteiger partial charge on any atom is 0.185 e. The van der Waals surface area contributed by atoms with Crippen LogP contribution in [0.15, 0.2) is 54.6 Å². The number of para-hydroxylation sites is 1. The van der Waals surface area contributed by atoms with Gasteiger partial charge in [-0.3, -0.25) is 4.79 Å². The predicted molar refractivity (Wildman–Crippen MR) is 69.6 cm³/mol. The quantitative estimate of drug-likeness (QED) is 0.640. The Morgan fingerprint density at radius 3 is 2.50 bits per heavy atom. The average Bonchev–Trinajstić information content (AvgIpc) is 2.37. The van der Waals surface area contributed by atoms with Crippen LogP contribution in [0.1, 0.15) is 15.9 Å². The van der Waals surface area contributed by atoms with Crippen LogP contribution in [0.2, 0.25) is 0 Å². The molecule has 0 atom stereocenters. The van der Waals surface area contributed by atoms with E-state index in [1.54, 1.807) is 42.5 Å². The first kappa shape index (κ1) is 11.9. The molecular weight excluding hydrogens is 228 g/mol. The normalized spacial score (nSPS) is 10.7. The molecule has 2 aromatic carbocycles. The van der Waals surface area contributed by atoms with E-state index in [1.807, 2.05) is 0 Å². The summed E-state index contributed by atoms with van der Waals surface area (Å²) < 4.78 is 0. The number of phenolic OH excluding ortho intramolecular Hbond substituents is 2. The summed E-state index contributed by atoms with van der Waals surface area (Å²) in [5.74, 6) is -0.0524. The maximum atomic E-state index is 11.8. The number of phenols is 2. The van der Waals surface area contributed by atoms with Crippen LogP contribution in [0, 0.1) is 0 Å². The molecule has 90 valence electrons. The molecule has 0 saturated carbocycles. The first-order valence-corrected chi connectivity index (χ1v) is 5.46. The van der Waals surface area contributed by atoms with Gasteiger partial charge in [-0.25, -0.2) is 0 Å². The second-order valence-corrected chi connectivity index (χ2v) is 3.81. The SMILES string of the molecule is O=C(/C=C\c1ccccc1O)c1cccc(O)c1. The zero-order valence-corrected chi connectivity index (χ0v) is 9.58. The third kappa shape index (κ3) is 2.77. The number of carbonyl (C=O) groups excluding carboxylic acids is 1. The van der Waals surface area contributed by atoms with E-state index in [-0.39, 0.29) is 17.3 Å². The highest BCUT2D eigenvalue weighted by Crippen LogP contribution is 2.18. The summed E-state index contributed by atoms with van der Waals surface area (Å²) in [4.78, 5) is 11.8. The Bertz CT molecular complexity index is 600. The lowest BCUT2D eigenvalue weighted by Crippen LogP contribution is -1.93. The highest BCUT2D eigenvalue weighted by atomic mass is 16.3. The van der Waals surface area contributed by atoms with E-state index < -0.39 is 0 Å². The van der Waals surface area contributed by atoms with E-state index >= 15 is 0 Å². The van der Waals surface area contributed by atoms with Gasteiger partial charge in [0.15, 0.2) is 5.78 Å². The Morgan fingerprint density at radius 1 is 1.00 bits per heavy atom. The lowest BCUT2D eigenvalue weighted by Gasteiger charge is -1.98. The van der Waals surface area contributed by atoms with Crippen molar-refractivity contribution in [1.82, 2.24) is 0 Å². The molecule has 0 radical (unpaired) electrons. The molecule has 0 aliphatic carbocycles. The molecule has 0 unspecified atom stereocenters. The number of aromatic hydroxyl groups is 2. The highest BCUT2D eigenvalue weighted by molar-refractivity contribution is 6.07. The number of allylic oxidation sites excluding steroid dienone is 1.